The predicted octanol–water partition coefficient (Wildman–Crippen LogP) is 3.10. The van der Waals surface area contributed by atoms with Gasteiger partial charge in [0.15, 0.2) is 0 Å². The maximum atomic E-state index is 5.34. The van der Waals surface area contributed by atoms with Gasteiger partial charge in [-0.25, -0.2) is 4.52 Å². The molecule has 0 unspecified atom stereocenters. The lowest BCUT2D eigenvalue weighted by Crippen LogP contribution is -1.90. The summed E-state index contributed by atoms with van der Waals surface area (Å²) in [6.45, 7) is 0. The number of aromatic amines is 1. The zero-order valence-electron chi connectivity index (χ0n) is 9.14. The van der Waals surface area contributed by atoms with Crippen molar-refractivity contribution in [3.05, 3.63) is 41.1 Å². The monoisotopic (exact) mass is 291 g/mol. The van der Waals surface area contributed by atoms with Gasteiger partial charge < -0.3 is 9.72 Å². The second kappa shape index (κ2) is 3.92. The number of nitrogens with one attached hydrogen (secondary N) is 1. The number of fused-ring (bicyclic) bond motifs is 1. The molecule has 17 heavy (non-hydrogen) atoms. The van der Waals surface area contributed by atoms with Gasteiger partial charge in [0, 0.05) is 12.4 Å². The van der Waals surface area contributed by atoms with Crippen molar-refractivity contribution < 1.29 is 4.74 Å². The Hall–Kier alpha value is -1.75. The summed E-state index contributed by atoms with van der Waals surface area (Å²) in [7, 11) is 1.66. The molecule has 0 saturated carbocycles. The highest BCUT2D eigenvalue weighted by Gasteiger charge is 2.15. The van der Waals surface area contributed by atoms with E-state index in [0.29, 0.717) is 0 Å². The van der Waals surface area contributed by atoms with E-state index in [9.17, 15) is 0 Å². The van der Waals surface area contributed by atoms with Gasteiger partial charge in [-0.2, -0.15) is 5.10 Å². The molecule has 0 aliphatic carbocycles. The number of ether oxygens (including phenoxy) is 1. The van der Waals surface area contributed by atoms with Crippen LogP contribution in [0.15, 0.2) is 41.1 Å². The lowest BCUT2D eigenvalue weighted by molar-refractivity contribution is 0.417. The standard InChI is InChI=1S/C12H10BrN3O/c1-17-9-5-3-7-16-12(9)10(13)11(15-16)8-4-2-6-14-8/h2-7,14H,1H3. The summed E-state index contributed by atoms with van der Waals surface area (Å²) >= 11 is 3.58. The lowest BCUT2D eigenvalue weighted by atomic mass is 10.3. The number of hydrogen-bond acceptors (Lipinski definition) is 2. The molecule has 0 fully saturated rings. The third kappa shape index (κ3) is 1.54. The molecule has 0 saturated heterocycles. The maximum absolute atomic E-state index is 5.34. The topological polar surface area (TPSA) is 42.3 Å². The molecular formula is C12H10BrN3O. The highest BCUT2D eigenvalue weighted by molar-refractivity contribution is 9.10. The van der Waals surface area contributed by atoms with Crippen LogP contribution < -0.4 is 4.74 Å². The Balaban J connectivity index is 2.33. The fraction of sp³-hybridized carbons (Fsp3) is 0.0833. The second-order valence-electron chi connectivity index (χ2n) is 3.62. The number of aromatic nitrogens is 3. The first-order valence-electron chi connectivity index (χ1n) is 5.16. The first kappa shape index (κ1) is 10.4. The Kier molecular flexibility index (Phi) is 2.40. The molecule has 3 aromatic rings. The number of rotatable bonds is 2. The molecule has 4 nitrogen and oxygen atoms in total. The molecule has 0 amide bonds. The van der Waals surface area contributed by atoms with Gasteiger partial charge in [0.05, 0.1) is 17.3 Å². The van der Waals surface area contributed by atoms with Crippen LogP contribution in [0.2, 0.25) is 0 Å². The molecule has 0 aliphatic heterocycles. The third-order valence-corrected chi connectivity index (χ3v) is 3.39. The van der Waals surface area contributed by atoms with Crippen LogP contribution in [0.5, 0.6) is 5.75 Å². The van der Waals surface area contributed by atoms with E-state index in [1.807, 2.05) is 36.7 Å². The van der Waals surface area contributed by atoms with E-state index in [0.717, 1.165) is 27.1 Å². The van der Waals surface area contributed by atoms with Gasteiger partial charge in [-0.3, -0.25) is 0 Å². The van der Waals surface area contributed by atoms with Crippen molar-refractivity contribution >= 4 is 21.4 Å². The molecule has 3 rings (SSSR count). The minimum atomic E-state index is 0.796. The molecule has 3 aromatic heterocycles. The average Bonchev–Trinajstić information content (AvgIpc) is 2.97. The second-order valence-corrected chi connectivity index (χ2v) is 4.41. The SMILES string of the molecule is COc1cccn2nc(-c3ccc[nH]3)c(Br)c12. The van der Waals surface area contributed by atoms with Crippen molar-refractivity contribution in [2.24, 2.45) is 0 Å². The summed E-state index contributed by atoms with van der Waals surface area (Å²) in [4.78, 5) is 3.15. The molecule has 0 radical (unpaired) electrons. The molecule has 0 atom stereocenters. The van der Waals surface area contributed by atoms with Crippen molar-refractivity contribution in [3.63, 3.8) is 0 Å². The number of halogens is 1. The van der Waals surface area contributed by atoms with Crippen molar-refractivity contribution in [3.8, 4) is 17.1 Å². The van der Waals surface area contributed by atoms with Gasteiger partial charge in [-0.15, -0.1) is 0 Å². The Morgan fingerprint density at radius 2 is 2.24 bits per heavy atom. The fourth-order valence-electron chi connectivity index (χ4n) is 1.85. The van der Waals surface area contributed by atoms with Crippen LogP contribution in [-0.2, 0) is 0 Å². The summed E-state index contributed by atoms with van der Waals surface area (Å²) in [6.07, 6.45) is 3.78. The number of H-pyrrole nitrogens is 1. The van der Waals surface area contributed by atoms with Gasteiger partial charge in [0.2, 0.25) is 0 Å². The van der Waals surface area contributed by atoms with Gasteiger partial charge in [-0.1, -0.05) is 0 Å². The fourth-order valence-corrected chi connectivity index (χ4v) is 2.52. The Bertz CT molecular complexity index is 658. The van der Waals surface area contributed by atoms with E-state index in [1.54, 1.807) is 11.6 Å². The van der Waals surface area contributed by atoms with E-state index in [-0.39, 0.29) is 0 Å². The average molecular weight is 292 g/mol. The summed E-state index contributed by atoms with van der Waals surface area (Å²) in [5.41, 5.74) is 2.78. The Morgan fingerprint density at radius 1 is 1.35 bits per heavy atom. The highest BCUT2D eigenvalue weighted by atomic mass is 79.9. The van der Waals surface area contributed by atoms with Gasteiger partial charge >= 0.3 is 0 Å². The first-order chi connectivity index (χ1) is 8.31. The van der Waals surface area contributed by atoms with Crippen LogP contribution >= 0.6 is 15.9 Å². The largest absolute Gasteiger partial charge is 0.494 e. The molecule has 86 valence electrons. The maximum Gasteiger partial charge on any atom is 0.145 e. The molecule has 0 spiro atoms. The first-order valence-corrected chi connectivity index (χ1v) is 5.95. The smallest absolute Gasteiger partial charge is 0.145 e. The molecule has 0 aromatic carbocycles. The third-order valence-electron chi connectivity index (χ3n) is 2.63. The zero-order valence-corrected chi connectivity index (χ0v) is 10.7. The number of hydrogen-bond donors (Lipinski definition) is 1. The van der Waals surface area contributed by atoms with E-state index >= 15 is 0 Å². The predicted molar refractivity (Wildman–Crippen MR) is 69.2 cm³/mol. The van der Waals surface area contributed by atoms with E-state index in [4.69, 9.17) is 4.74 Å². The van der Waals surface area contributed by atoms with Crippen LogP contribution in [-0.4, -0.2) is 21.7 Å². The number of nitrogens with zero attached hydrogens (tertiary/aromatic N) is 2. The molecule has 0 bridgehead atoms. The molecule has 1 N–H and O–H groups in total. The van der Waals surface area contributed by atoms with Gasteiger partial charge in [0.25, 0.3) is 0 Å². The lowest BCUT2D eigenvalue weighted by Gasteiger charge is -2.01. The van der Waals surface area contributed by atoms with E-state index in [1.165, 1.54) is 0 Å². The summed E-state index contributed by atoms with van der Waals surface area (Å²) < 4.78 is 8.07. The van der Waals surface area contributed by atoms with Crippen LogP contribution in [0.25, 0.3) is 16.9 Å². The Morgan fingerprint density at radius 3 is 2.94 bits per heavy atom. The van der Waals surface area contributed by atoms with Crippen LogP contribution in [0.4, 0.5) is 0 Å². The molecule has 0 aliphatic rings. The van der Waals surface area contributed by atoms with Crippen LogP contribution in [0, 0.1) is 0 Å². The van der Waals surface area contributed by atoms with Gasteiger partial charge in [0.1, 0.15) is 17.0 Å². The van der Waals surface area contributed by atoms with Crippen LogP contribution in [0.3, 0.4) is 0 Å². The van der Waals surface area contributed by atoms with Crippen molar-refractivity contribution in [1.82, 2.24) is 14.6 Å². The van der Waals surface area contributed by atoms with Gasteiger partial charge in [-0.05, 0) is 40.2 Å². The van der Waals surface area contributed by atoms with Crippen LogP contribution in [0.1, 0.15) is 0 Å². The van der Waals surface area contributed by atoms with Crippen molar-refractivity contribution in [2.75, 3.05) is 7.11 Å². The molecule has 3 heterocycles. The molecular weight excluding hydrogens is 282 g/mol. The van der Waals surface area contributed by atoms with E-state index < -0.39 is 0 Å². The normalized spacial score (nSPS) is 10.9. The van der Waals surface area contributed by atoms with Crippen molar-refractivity contribution in [1.29, 1.82) is 0 Å². The molecule has 5 heteroatoms. The minimum Gasteiger partial charge on any atom is -0.494 e. The van der Waals surface area contributed by atoms with Crippen molar-refractivity contribution in [2.45, 2.75) is 0 Å². The number of methoxy groups -OCH3 is 1. The summed E-state index contributed by atoms with van der Waals surface area (Å²) in [6, 6.07) is 7.76. The minimum absolute atomic E-state index is 0.796. The zero-order chi connectivity index (χ0) is 11.8. The quantitative estimate of drug-likeness (QED) is 0.788. The Labute approximate surface area is 106 Å². The summed E-state index contributed by atoms with van der Waals surface area (Å²) in [5.74, 6) is 0.796. The van der Waals surface area contributed by atoms with E-state index in [2.05, 4.69) is 26.0 Å². The summed E-state index contributed by atoms with van der Waals surface area (Å²) in [5, 5.41) is 4.52. The highest BCUT2D eigenvalue weighted by Crippen LogP contribution is 2.34. The number of pyridine rings is 1.